The van der Waals surface area contributed by atoms with Crippen LogP contribution in [-0.2, 0) is 0 Å². The summed E-state index contributed by atoms with van der Waals surface area (Å²) in [5.41, 5.74) is 7.92. The van der Waals surface area contributed by atoms with Crippen LogP contribution >= 0.6 is 15.9 Å². The molecule has 0 saturated heterocycles. The monoisotopic (exact) mass is 1080 g/mol. The Balaban J connectivity index is 0.000000119. The topological polar surface area (TPSA) is 40.5 Å². The van der Waals surface area contributed by atoms with Gasteiger partial charge in [-0.3, -0.25) is 0 Å². The molecule has 4 heteroatoms. The first-order valence-corrected chi connectivity index (χ1v) is 27.9. The minimum atomic E-state index is -1.52. The van der Waals surface area contributed by atoms with Crippen LogP contribution in [-0.4, -0.2) is 17.2 Å². The van der Waals surface area contributed by atoms with Gasteiger partial charge in [-0.2, -0.15) is 0 Å². The Morgan fingerprint density at radius 1 is 0.212 bits per heavy atom. The molecule has 0 heterocycles. The molecule has 0 aliphatic carbocycles. The van der Waals surface area contributed by atoms with Gasteiger partial charge in [-0.05, 0) is 177 Å². The van der Waals surface area contributed by atoms with Gasteiger partial charge < -0.3 is 10.0 Å². The van der Waals surface area contributed by atoms with Gasteiger partial charge in [0.15, 0.2) is 0 Å². The highest BCUT2D eigenvalue weighted by molar-refractivity contribution is 9.10. The third-order valence-corrected chi connectivity index (χ3v) is 16.5. The second kappa shape index (κ2) is 20.8. The van der Waals surface area contributed by atoms with Crippen molar-refractivity contribution in [3.05, 3.63) is 296 Å². The molecule has 376 valence electrons. The van der Waals surface area contributed by atoms with Crippen molar-refractivity contribution >= 4 is 136 Å². The van der Waals surface area contributed by atoms with Gasteiger partial charge in [0.05, 0.1) is 0 Å². The molecular weight excluding hydrogens is 1040 g/mol. The summed E-state index contributed by atoms with van der Waals surface area (Å²) in [7, 11) is -1.52. The van der Waals surface area contributed by atoms with Crippen LogP contribution in [0, 0.1) is 0 Å². The molecule has 0 aliphatic heterocycles. The third-order valence-electron chi connectivity index (χ3n) is 16.0. The summed E-state index contributed by atoms with van der Waals surface area (Å²) in [5.74, 6) is 0. The van der Waals surface area contributed by atoms with Crippen molar-refractivity contribution in [3.8, 4) is 33.4 Å². The summed E-state index contributed by atoms with van der Waals surface area (Å²) in [6, 6.07) is 103. The molecule has 0 fully saturated rings. The van der Waals surface area contributed by atoms with E-state index in [2.05, 4.69) is 259 Å². The maximum Gasteiger partial charge on any atom is 0.489 e. The van der Waals surface area contributed by atoms with E-state index < -0.39 is 7.12 Å². The normalized spacial score (nSPS) is 11.4. The highest BCUT2D eigenvalue weighted by Crippen LogP contribution is 2.45. The molecule has 0 unspecified atom stereocenters. The Hall–Kier alpha value is -9.42. The molecule has 80 heavy (non-hydrogen) atoms. The van der Waals surface area contributed by atoms with Crippen LogP contribution < -0.4 is 5.46 Å². The first kappa shape index (κ1) is 48.9. The van der Waals surface area contributed by atoms with E-state index in [4.69, 9.17) is 0 Å². The summed E-state index contributed by atoms with van der Waals surface area (Å²) >= 11 is 3.52. The van der Waals surface area contributed by atoms with Crippen LogP contribution in [0.5, 0.6) is 0 Å². The molecule has 0 saturated carbocycles. The number of halogens is 1. The quantitative estimate of drug-likeness (QED) is 0.105. The first-order chi connectivity index (χ1) is 39.4. The minimum Gasteiger partial charge on any atom is -0.423 e. The Kier molecular flexibility index (Phi) is 12.7. The maximum atomic E-state index is 10.1. The number of fused-ring (bicyclic) bond motifs is 12. The standard InChI is InChI=1S/C38H24.C24H17BO2.C14H9Br/c1-2-11-28-23-29(21-17-25(28)9-1)37-32-13-5-7-15-34(32)38(35-16-8-6-14-33(35)37)30-22-20-27-19-18-26-10-3-4-12-31(26)36(27)24-30;26-25(27)24-21-11-5-3-9-19(21)23(20-10-4-6-12-22(20)24)18-14-13-16-7-1-2-8-17(16)15-18;15-12-8-7-11-6-5-10-3-1-2-4-13(10)14(11)9-12/h1-24H;1-15,26-27H;1-9H. The van der Waals surface area contributed by atoms with Gasteiger partial charge >= 0.3 is 7.12 Å². The van der Waals surface area contributed by atoms with E-state index >= 15 is 0 Å². The molecule has 0 atom stereocenters. The van der Waals surface area contributed by atoms with E-state index in [-0.39, 0.29) is 0 Å². The van der Waals surface area contributed by atoms with E-state index in [0.717, 1.165) is 37.1 Å². The SMILES string of the molecule is Brc1ccc2ccc3ccccc3c2c1.OB(O)c1c2ccccc2c(-c2ccc3ccccc3c2)c2ccccc12.c1ccc2cc(-c3c4ccccc4c(-c4ccc5ccc6ccccc6c5c4)c4ccccc34)ccc2c1. The van der Waals surface area contributed by atoms with Gasteiger partial charge in [0.2, 0.25) is 0 Å². The average molecular weight is 1090 g/mol. The number of benzene rings is 16. The van der Waals surface area contributed by atoms with Gasteiger partial charge in [-0.1, -0.05) is 277 Å². The van der Waals surface area contributed by atoms with Gasteiger partial charge in [0, 0.05) is 4.47 Å². The average Bonchev–Trinajstić information content (AvgIpc) is 3.62. The van der Waals surface area contributed by atoms with E-state index in [1.807, 2.05) is 48.5 Å². The van der Waals surface area contributed by atoms with Crippen LogP contribution in [0.3, 0.4) is 0 Å². The lowest BCUT2D eigenvalue weighted by Crippen LogP contribution is -2.31. The molecule has 0 amide bonds. The lowest BCUT2D eigenvalue weighted by Gasteiger charge is -2.18. The zero-order valence-corrected chi connectivity index (χ0v) is 45.1. The molecule has 0 aliphatic rings. The van der Waals surface area contributed by atoms with Crippen LogP contribution in [0.2, 0.25) is 0 Å². The zero-order valence-electron chi connectivity index (χ0n) is 43.6. The highest BCUT2D eigenvalue weighted by atomic mass is 79.9. The van der Waals surface area contributed by atoms with E-state index in [9.17, 15) is 10.0 Å². The van der Waals surface area contributed by atoms with Crippen LogP contribution in [0.4, 0.5) is 0 Å². The summed E-state index contributed by atoms with van der Waals surface area (Å²) in [4.78, 5) is 0. The Bertz CT molecular complexity index is 4970. The van der Waals surface area contributed by atoms with Crippen LogP contribution in [0.1, 0.15) is 0 Å². The molecule has 0 spiro atoms. The molecule has 2 nitrogen and oxygen atoms in total. The molecule has 2 N–H and O–H groups in total. The predicted molar refractivity (Wildman–Crippen MR) is 348 cm³/mol. The number of hydrogen-bond donors (Lipinski definition) is 2. The molecule has 16 aromatic rings. The third kappa shape index (κ3) is 8.81. The fraction of sp³-hybridized carbons (Fsp3) is 0. The molecule has 16 aromatic carbocycles. The van der Waals surface area contributed by atoms with Crippen molar-refractivity contribution in [2.75, 3.05) is 0 Å². The van der Waals surface area contributed by atoms with Crippen molar-refractivity contribution in [1.82, 2.24) is 0 Å². The fourth-order valence-corrected chi connectivity index (χ4v) is 12.7. The highest BCUT2D eigenvalue weighted by Gasteiger charge is 2.23. The second-order valence-corrected chi connectivity index (χ2v) is 21.5. The van der Waals surface area contributed by atoms with E-state index in [0.29, 0.717) is 5.46 Å². The summed E-state index contributed by atoms with van der Waals surface area (Å²) in [6.45, 7) is 0. The zero-order chi connectivity index (χ0) is 53.7. The lowest BCUT2D eigenvalue weighted by atomic mass is 9.72. The van der Waals surface area contributed by atoms with Gasteiger partial charge in [0.1, 0.15) is 0 Å². The van der Waals surface area contributed by atoms with Crippen molar-refractivity contribution in [2.24, 2.45) is 0 Å². The molecule has 0 aromatic heterocycles. The van der Waals surface area contributed by atoms with Crippen molar-refractivity contribution in [3.63, 3.8) is 0 Å². The van der Waals surface area contributed by atoms with Crippen LogP contribution in [0.15, 0.2) is 296 Å². The van der Waals surface area contributed by atoms with Crippen molar-refractivity contribution in [1.29, 1.82) is 0 Å². The van der Waals surface area contributed by atoms with Crippen LogP contribution in [0.25, 0.3) is 141 Å². The second-order valence-electron chi connectivity index (χ2n) is 20.6. The Morgan fingerprint density at radius 3 is 0.875 bits per heavy atom. The largest absolute Gasteiger partial charge is 0.489 e. The molecule has 0 radical (unpaired) electrons. The predicted octanol–water partition coefficient (Wildman–Crippen LogP) is 20.0. The smallest absolute Gasteiger partial charge is 0.423 e. The molecular formula is C76H50BBrO2. The van der Waals surface area contributed by atoms with Crippen molar-refractivity contribution < 1.29 is 10.0 Å². The lowest BCUT2D eigenvalue weighted by molar-refractivity contribution is 0.426. The molecule has 0 bridgehead atoms. The molecule has 16 rings (SSSR count). The minimum absolute atomic E-state index is 0.561. The summed E-state index contributed by atoms with van der Waals surface area (Å²) in [6.07, 6.45) is 0. The van der Waals surface area contributed by atoms with Gasteiger partial charge in [-0.25, -0.2) is 0 Å². The van der Waals surface area contributed by atoms with E-state index in [1.165, 1.54) is 108 Å². The van der Waals surface area contributed by atoms with Crippen molar-refractivity contribution in [2.45, 2.75) is 0 Å². The summed E-state index contributed by atoms with van der Waals surface area (Å²) < 4.78 is 1.13. The first-order valence-electron chi connectivity index (χ1n) is 27.1. The number of hydrogen-bond acceptors (Lipinski definition) is 2. The van der Waals surface area contributed by atoms with E-state index in [1.54, 1.807) is 0 Å². The number of rotatable bonds is 4. The summed E-state index contributed by atoms with van der Waals surface area (Å²) in [5, 5.41) is 44.4. The fourth-order valence-electron chi connectivity index (χ4n) is 12.3. The van der Waals surface area contributed by atoms with Gasteiger partial charge in [0.25, 0.3) is 0 Å². The Labute approximate surface area is 472 Å². The Morgan fingerprint density at radius 2 is 0.475 bits per heavy atom. The maximum absolute atomic E-state index is 10.1. The van der Waals surface area contributed by atoms with Gasteiger partial charge in [-0.15, -0.1) is 0 Å².